The molecule has 0 bridgehead atoms. The number of methoxy groups -OCH3 is 1. The third kappa shape index (κ3) is 6.24. The third-order valence-corrected chi connectivity index (χ3v) is 16.4. The molecule has 1 atom stereocenters. The highest BCUT2D eigenvalue weighted by Gasteiger charge is 2.52. The maximum atomic E-state index is 13.0. The van der Waals surface area contributed by atoms with Crippen molar-refractivity contribution in [1.29, 1.82) is 0 Å². The lowest BCUT2D eigenvalue weighted by Gasteiger charge is -2.44. The molecular formula is C27H42O4Si2. The Balaban J connectivity index is 2.50. The summed E-state index contributed by atoms with van der Waals surface area (Å²) in [5, 5.41) is 2.17. The number of carbonyl (C=O) groups excluding carboxylic acids is 1. The van der Waals surface area contributed by atoms with E-state index in [1.54, 1.807) is 0 Å². The smallest absolute Gasteiger partial charge is 0.333 e. The van der Waals surface area contributed by atoms with Crippen LogP contribution in [0.1, 0.15) is 48.0 Å². The second kappa shape index (κ2) is 10.7. The molecule has 33 heavy (non-hydrogen) atoms. The number of hydrogen-bond acceptors (Lipinski definition) is 4. The molecule has 0 aliphatic heterocycles. The van der Waals surface area contributed by atoms with E-state index in [4.69, 9.17) is 13.6 Å². The molecule has 0 spiro atoms. The van der Waals surface area contributed by atoms with Crippen LogP contribution in [0.25, 0.3) is 0 Å². The van der Waals surface area contributed by atoms with Gasteiger partial charge in [0.1, 0.15) is 6.10 Å². The van der Waals surface area contributed by atoms with Gasteiger partial charge in [0.2, 0.25) is 0 Å². The van der Waals surface area contributed by atoms with Crippen molar-refractivity contribution < 1.29 is 18.4 Å². The number of esters is 1. The zero-order valence-electron chi connectivity index (χ0n) is 21.9. The molecule has 2 aromatic carbocycles. The molecule has 0 aliphatic carbocycles. The number of hydrogen-bond donors (Lipinski definition) is 0. The summed E-state index contributed by atoms with van der Waals surface area (Å²) < 4.78 is 18.6. The van der Waals surface area contributed by atoms with Crippen molar-refractivity contribution in [2.75, 3.05) is 13.7 Å². The van der Waals surface area contributed by atoms with Crippen LogP contribution in [0.4, 0.5) is 0 Å². The van der Waals surface area contributed by atoms with Crippen LogP contribution in [0.15, 0.2) is 60.7 Å². The van der Waals surface area contributed by atoms with Crippen LogP contribution in [0.3, 0.4) is 0 Å². The van der Waals surface area contributed by atoms with Gasteiger partial charge in [-0.1, -0.05) is 102 Å². The van der Waals surface area contributed by atoms with Crippen LogP contribution in [-0.4, -0.2) is 42.4 Å². The molecule has 4 nitrogen and oxygen atoms in total. The molecule has 0 unspecified atom stereocenters. The summed E-state index contributed by atoms with van der Waals surface area (Å²) in [6, 6.07) is 20.7. The number of ether oxygens (including phenoxy) is 1. The van der Waals surface area contributed by atoms with Gasteiger partial charge in [0.25, 0.3) is 8.32 Å². The lowest BCUT2D eigenvalue weighted by molar-refractivity contribution is -0.149. The Morgan fingerprint density at radius 2 is 1.27 bits per heavy atom. The van der Waals surface area contributed by atoms with Crippen LogP contribution in [0, 0.1) is 0 Å². The van der Waals surface area contributed by atoms with Gasteiger partial charge in [0.05, 0.1) is 7.11 Å². The number of carbonyl (C=O) groups is 1. The van der Waals surface area contributed by atoms with Gasteiger partial charge in [-0.2, -0.15) is 0 Å². The molecule has 0 amide bonds. The van der Waals surface area contributed by atoms with Gasteiger partial charge in [0, 0.05) is 13.0 Å². The Kier molecular flexibility index (Phi) is 8.90. The third-order valence-electron chi connectivity index (χ3n) is 6.85. The molecule has 0 saturated heterocycles. The molecule has 0 fully saturated rings. The monoisotopic (exact) mass is 486 g/mol. The fraction of sp³-hybridized carbons (Fsp3) is 0.519. The van der Waals surface area contributed by atoms with Crippen molar-refractivity contribution in [3.63, 3.8) is 0 Å². The van der Waals surface area contributed by atoms with Crippen LogP contribution in [0.5, 0.6) is 0 Å². The van der Waals surface area contributed by atoms with E-state index in [9.17, 15) is 4.79 Å². The normalized spacial score (nSPS) is 14.1. The average molecular weight is 487 g/mol. The fourth-order valence-electron chi connectivity index (χ4n) is 3.90. The summed E-state index contributed by atoms with van der Waals surface area (Å²) in [4.78, 5) is 13.0. The van der Waals surface area contributed by atoms with Crippen molar-refractivity contribution in [3.8, 4) is 0 Å². The first-order valence-corrected chi connectivity index (χ1v) is 16.6. The Hall–Kier alpha value is -1.74. The van der Waals surface area contributed by atoms with E-state index in [0.29, 0.717) is 13.0 Å². The molecular weight excluding hydrogens is 444 g/mol. The Labute approximate surface area is 202 Å². The van der Waals surface area contributed by atoms with Gasteiger partial charge in [-0.3, -0.25) is 0 Å². The first-order chi connectivity index (χ1) is 15.3. The lowest BCUT2D eigenvalue weighted by Crippen LogP contribution is -2.68. The number of rotatable bonds is 9. The molecule has 6 heteroatoms. The number of benzene rings is 2. The molecule has 0 saturated carbocycles. The maximum Gasteiger partial charge on any atom is 0.333 e. The second-order valence-corrected chi connectivity index (χ2v) is 20.3. The van der Waals surface area contributed by atoms with E-state index < -0.39 is 22.7 Å². The summed E-state index contributed by atoms with van der Waals surface area (Å²) in [5.41, 5.74) is 0. The fourth-order valence-corrected chi connectivity index (χ4v) is 9.62. The van der Waals surface area contributed by atoms with E-state index in [-0.39, 0.29) is 16.0 Å². The van der Waals surface area contributed by atoms with Crippen LogP contribution < -0.4 is 10.4 Å². The summed E-state index contributed by atoms with van der Waals surface area (Å²) in [6.45, 7) is 18.2. The predicted octanol–water partition coefficient (Wildman–Crippen LogP) is 5.52. The minimum absolute atomic E-state index is 0.104. The summed E-state index contributed by atoms with van der Waals surface area (Å²) in [7, 11) is -3.38. The largest absolute Gasteiger partial charge is 0.467 e. The Bertz CT molecular complexity index is 844. The van der Waals surface area contributed by atoms with E-state index >= 15 is 0 Å². The van der Waals surface area contributed by atoms with Crippen LogP contribution in [0.2, 0.25) is 23.2 Å². The van der Waals surface area contributed by atoms with Crippen molar-refractivity contribution in [2.45, 2.75) is 77.2 Å². The minimum Gasteiger partial charge on any atom is -0.467 e. The van der Waals surface area contributed by atoms with E-state index in [2.05, 4.69) is 78.9 Å². The molecule has 182 valence electrons. The van der Waals surface area contributed by atoms with Crippen molar-refractivity contribution in [1.82, 2.24) is 0 Å². The lowest BCUT2D eigenvalue weighted by atomic mass is 10.2. The van der Waals surface area contributed by atoms with Gasteiger partial charge in [-0.25, -0.2) is 4.79 Å². The van der Waals surface area contributed by atoms with Crippen molar-refractivity contribution in [3.05, 3.63) is 60.7 Å². The van der Waals surface area contributed by atoms with E-state index in [0.717, 1.165) is 10.4 Å². The van der Waals surface area contributed by atoms with Gasteiger partial charge in [0.15, 0.2) is 8.32 Å². The van der Waals surface area contributed by atoms with Crippen molar-refractivity contribution in [2.24, 2.45) is 0 Å². The van der Waals surface area contributed by atoms with Gasteiger partial charge in [-0.05, 0) is 33.5 Å². The predicted molar refractivity (Wildman–Crippen MR) is 142 cm³/mol. The molecule has 2 aromatic rings. The molecule has 0 heterocycles. The Morgan fingerprint density at radius 1 is 0.818 bits per heavy atom. The zero-order chi connectivity index (χ0) is 24.9. The molecule has 0 aromatic heterocycles. The highest BCUT2D eigenvalue weighted by Crippen LogP contribution is 2.39. The summed E-state index contributed by atoms with van der Waals surface area (Å²) in [6.07, 6.45) is -0.241. The molecule has 2 rings (SSSR count). The average Bonchev–Trinajstić information content (AvgIpc) is 2.75. The first kappa shape index (κ1) is 27.5. The molecule has 0 N–H and O–H groups in total. The highest BCUT2D eigenvalue weighted by molar-refractivity contribution is 6.99. The molecule has 0 aliphatic rings. The van der Waals surface area contributed by atoms with Crippen molar-refractivity contribution >= 4 is 33.0 Å². The molecule has 0 radical (unpaired) electrons. The quantitative estimate of drug-likeness (QED) is 0.346. The topological polar surface area (TPSA) is 44.8 Å². The Morgan fingerprint density at radius 3 is 1.64 bits per heavy atom. The van der Waals surface area contributed by atoms with Crippen LogP contribution >= 0.6 is 0 Å². The summed E-state index contributed by atoms with van der Waals surface area (Å²) in [5.74, 6) is -0.346. The van der Waals surface area contributed by atoms with E-state index in [1.807, 2.05) is 36.4 Å². The SMILES string of the molecule is COC(=O)[C@H](CCO[Si](C)(C)C(C)(C)C)O[Si](c1ccccc1)(c1ccccc1)C(C)(C)C. The summed E-state index contributed by atoms with van der Waals surface area (Å²) >= 11 is 0. The zero-order valence-corrected chi connectivity index (χ0v) is 23.9. The maximum absolute atomic E-state index is 13.0. The first-order valence-electron chi connectivity index (χ1n) is 11.8. The van der Waals surface area contributed by atoms with Gasteiger partial charge < -0.3 is 13.6 Å². The van der Waals surface area contributed by atoms with Gasteiger partial charge in [-0.15, -0.1) is 0 Å². The minimum atomic E-state index is -2.87. The second-order valence-electron chi connectivity index (χ2n) is 11.2. The standard InChI is InChI=1S/C27H42O4Si2/c1-26(2,3)32(8,9)30-21-20-24(25(28)29-7)31-33(27(4,5)6,22-16-12-10-13-17-22)23-18-14-11-15-19-23/h10-19,24H,20-21H2,1-9H3/t24-/m0/s1. The van der Waals surface area contributed by atoms with Gasteiger partial charge >= 0.3 is 5.97 Å². The van der Waals surface area contributed by atoms with Crippen LogP contribution in [-0.2, 0) is 18.4 Å². The van der Waals surface area contributed by atoms with E-state index in [1.165, 1.54) is 7.11 Å². The highest BCUT2D eigenvalue weighted by atomic mass is 28.4.